The van der Waals surface area contributed by atoms with E-state index in [9.17, 15) is 14.4 Å². The molecule has 7 heteroatoms. The molecule has 0 unspecified atom stereocenters. The average molecular weight is 258 g/mol. The van der Waals surface area contributed by atoms with Crippen LogP contribution in [0, 0.1) is 0 Å². The Morgan fingerprint density at radius 3 is 1.22 bits per heavy atom. The van der Waals surface area contributed by atoms with Crippen molar-refractivity contribution in [2.45, 2.75) is 13.8 Å². The van der Waals surface area contributed by atoms with Gasteiger partial charge in [0, 0.05) is 11.1 Å². The van der Waals surface area contributed by atoms with E-state index in [0.717, 1.165) is 0 Å². The molecule has 0 aliphatic heterocycles. The first-order valence-electron chi connectivity index (χ1n) is 4.47. The van der Waals surface area contributed by atoms with Gasteiger partial charge in [-0.25, -0.2) is 29.1 Å². The minimum absolute atomic E-state index is 0.0201. The maximum atomic E-state index is 10.7. The molecule has 0 atom stereocenters. The highest BCUT2D eigenvalue weighted by Crippen LogP contribution is 1.97. The van der Waals surface area contributed by atoms with Crippen molar-refractivity contribution in [1.82, 2.24) is 0 Å². The van der Waals surface area contributed by atoms with E-state index in [-0.39, 0.29) is 11.1 Å². The quantitative estimate of drug-likeness (QED) is 0.324. The predicted octanol–water partition coefficient (Wildman–Crippen LogP) is 2.01. The molecule has 100 valence electrons. The molecule has 7 nitrogen and oxygen atoms in total. The van der Waals surface area contributed by atoms with Crippen molar-refractivity contribution in [2.75, 3.05) is 0 Å². The van der Waals surface area contributed by atoms with Crippen LogP contribution < -0.4 is 0 Å². The standard InChI is InChI=1S/C9H10O7.C2H4/c1-5(2)7(10)13-15-9(12)16-14-8(11)6(3)4;1-2/h1,3H2,2,4H3;1-2H2. The first-order chi connectivity index (χ1) is 8.34. The van der Waals surface area contributed by atoms with Gasteiger partial charge in [0.25, 0.3) is 0 Å². The van der Waals surface area contributed by atoms with Gasteiger partial charge >= 0.3 is 18.1 Å². The zero-order valence-corrected chi connectivity index (χ0v) is 10.2. The van der Waals surface area contributed by atoms with Gasteiger partial charge in [-0.15, -0.1) is 13.2 Å². The van der Waals surface area contributed by atoms with Crippen LogP contribution in [-0.4, -0.2) is 18.1 Å². The van der Waals surface area contributed by atoms with Crippen LogP contribution in [-0.2, 0) is 29.1 Å². The van der Waals surface area contributed by atoms with Crippen LogP contribution in [0.3, 0.4) is 0 Å². The van der Waals surface area contributed by atoms with Crippen LogP contribution in [0.5, 0.6) is 0 Å². The third-order valence-electron chi connectivity index (χ3n) is 1.07. The first-order valence-corrected chi connectivity index (χ1v) is 4.47. The number of hydrogen-bond donors (Lipinski definition) is 0. The fourth-order valence-electron chi connectivity index (χ4n) is 0.300. The van der Waals surface area contributed by atoms with Gasteiger partial charge in [-0.3, -0.25) is 0 Å². The average Bonchev–Trinajstić information content (AvgIpc) is 2.34. The van der Waals surface area contributed by atoms with E-state index < -0.39 is 18.1 Å². The lowest BCUT2D eigenvalue weighted by atomic mass is 10.4. The molecule has 0 heterocycles. The van der Waals surface area contributed by atoms with E-state index >= 15 is 0 Å². The lowest BCUT2D eigenvalue weighted by Gasteiger charge is -2.02. The van der Waals surface area contributed by atoms with E-state index in [1.165, 1.54) is 13.8 Å². The predicted molar refractivity (Wildman–Crippen MR) is 60.6 cm³/mol. The summed E-state index contributed by atoms with van der Waals surface area (Å²) in [6.45, 7) is 15.1. The summed E-state index contributed by atoms with van der Waals surface area (Å²) in [5.74, 6) is -1.91. The van der Waals surface area contributed by atoms with Crippen LogP contribution in [0.2, 0.25) is 0 Å². The summed E-state index contributed by atoms with van der Waals surface area (Å²) in [5.41, 5.74) is 0.0402. The zero-order chi connectivity index (χ0) is 14.7. The van der Waals surface area contributed by atoms with E-state index in [1.807, 2.05) is 0 Å². The van der Waals surface area contributed by atoms with Crippen molar-refractivity contribution in [3.63, 3.8) is 0 Å². The molecule has 0 aromatic rings. The maximum absolute atomic E-state index is 10.7. The van der Waals surface area contributed by atoms with E-state index in [4.69, 9.17) is 0 Å². The van der Waals surface area contributed by atoms with Crippen molar-refractivity contribution in [3.05, 3.63) is 37.5 Å². The first kappa shape index (κ1) is 17.8. The zero-order valence-electron chi connectivity index (χ0n) is 10.2. The second-order valence-electron chi connectivity index (χ2n) is 2.72. The lowest BCUT2D eigenvalue weighted by Crippen LogP contribution is -2.15. The van der Waals surface area contributed by atoms with Gasteiger partial charge in [0.15, 0.2) is 0 Å². The summed E-state index contributed by atoms with van der Waals surface area (Å²) in [6.07, 6.45) is -1.51. The molecule has 0 aromatic carbocycles. The molecule has 0 saturated carbocycles. The topological polar surface area (TPSA) is 88.1 Å². The summed E-state index contributed by atoms with van der Waals surface area (Å²) in [4.78, 5) is 47.6. The Bertz CT molecular complexity index is 324. The largest absolute Gasteiger partial charge is 0.592 e. The van der Waals surface area contributed by atoms with Gasteiger partial charge in [0.1, 0.15) is 0 Å². The molecule has 0 aliphatic rings. The SMILES string of the molecule is C=C.C=C(C)C(=O)OOC(=O)OOC(=O)C(=C)C. The van der Waals surface area contributed by atoms with Crippen molar-refractivity contribution in [3.8, 4) is 0 Å². The number of hydrogen-bond acceptors (Lipinski definition) is 7. The molecule has 0 saturated heterocycles. The third-order valence-corrected chi connectivity index (χ3v) is 1.07. The summed E-state index contributed by atoms with van der Waals surface area (Å²) in [6, 6.07) is 0. The molecule has 0 rings (SSSR count). The van der Waals surface area contributed by atoms with Gasteiger partial charge in [0.05, 0.1) is 0 Å². The number of carbonyl (C=O) groups excluding carboxylic acids is 3. The lowest BCUT2D eigenvalue weighted by molar-refractivity contribution is -0.289. The number of carbonyl (C=O) groups is 3. The molecular weight excluding hydrogens is 244 g/mol. The second-order valence-corrected chi connectivity index (χ2v) is 2.72. The molecule has 0 N–H and O–H groups in total. The van der Waals surface area contributed by atoms with E-state index in [1.54, 1.807) is 0 Å². The molecule has 0 aliphatic carbocycles. The Hall–Kier alpha value is -2.57. The van der Waals surface area contributed by atoms with Crippen LogP contribution in [0.15, 0.2) is 37.5 Å². The van der Waals surface area contributed by atoms with Crippen molar-refractivity contribution in [1.29, 1.82) is 0 Å². The summed E-state index contributed by atoms with van der Waals surface area (Å²) >= 11 is 0. The van der Waals surface area contributed by atoms with Crippen molar-refractivity contribution < 1.29 is 33.9 Å². The minimum atomic E-state index is -1.51. The van der Waals surface area contributed by atoms with E-state index in [2.05, 4.69) is 45.9 Å². The Morgan fingerprint density at radius 2 is 1.00 bits per heavy atom. The molecule has 0 amide bonds. The fourth-order valence-corrected chi connectivity index (χ4v) is 0.300. The van der Waals surface area contributed by atoms with Crippen LogP contribution in [0.25, 0.3) is 0 Å². The molecule has 0 fully saturated rings. The van der Waals surface area contributed by atoms with Crippen molar-refractivity contribution in [2.24, 2.45) is 0 Å². The molecule has 18 heavy (non-hydrogen) atoms. The molecule has 0 spiro atoms. The summed E-state index contributed by atoms with van der Waals surface area (Å²) in [7, 11) is 0. The highest BCUT2D eigenvalue weighted by atomic mass is 17.3. The fraction of sp³-hybridized carbons (Fsp3) is 0.182. The Labute approximate surface area is 104 Å². The Balaban J connectivity index is 0. The van der Waals surface area contributed by atoms with Gasteiger partial charge < -0.3 is 0 Å². The van der Waals surface area contributed by atoms with Crippen LogP contribution in [0.4, 0.5) is 4.79 Å². The van der Waals surface area contributed by atoms with Crippen LogP contribution >= 0.6 is 0 Å². The van der Waals surface area contributed by atoms with Crippen molar-refractivity contribution >= 4 is 18.1 Å². The van der Waals surface area contributed by atoms with Gasteiger partial charge in [-0.2, -0.15) is 4.79 Å². The highest BCUT2D eigenvalue weighted by Gasteiger charge is 2.15. The second kappa shape index (κ2) is 9.64. The van der Waals surface area contributed by atoms with Gasteiger partial charge in [0.2, 0.25) is 0 Å². The number of rotatable bonds is 2. The maximum Gasteiger partial charge on any atom is 0.592 e. The normalized spacial score (nSPS) is 7.89. The highest BCUT2D eigenvalue weighted by molar-refractivity contribution is 5.87. The van der Waals surface area contributed by atoms with E-state index in [0.29, 0.717) is 0 Å². The molecule has 0 radical (unpaired) electrons. The summed E-state index contributed by atoms with van der Waals surface area (Å²) in [5, 5.41) is 0. The Morgan fingerprint density at radius 1 is 0.722 bits per heavy atom. The van der Waals surface area contributed by atoms with Crippen LogP contribution in [0.1, 0.15) is 13.8 Å². The van der Waals surface area contributed by atoms with Gasteiger partial charge in [-0.05, 0) is 13.8 Å². The molecule has 0 bridgehead atoms. The summed E-state index contributed by atoms with van der Waals surface area (Å²) < 4.78 is 0. The molecule has 0 aromatic heterocycles. The third kappa shape index (κ3) is 8.72. The smallest absolute Gasteiger partial charge is 0.242 e. The molecular formula is C11H14O7. The monoisotopic (exact) mass is 258 g/mol. The minimum Gasteiger partial charge on any atom is -0.242 e. The van der Waals surface area contributed by atoms with Gasteiger partial charge in [-0.1, -0.05) is 13.2 Å². The Kier molecular flexibility index (Phi) is 9.54.